The number of likely N-dealkylation sites (N-methyl/N-ethyl adjacent to an activating group) is 1. The number of carbonyl (C=O) groups is 1. The highest BCUT2D eigenvalue weighted by molar-refractivity contribution is 5.99. The van der Waals surface area contributed by atoms with Crippen LogP contribution in [0.15, 0.2) is 36.4 Å². The van der Waals surface area contributed by atoms with E-state index in [1.54, 1.807) is 14.0 Å². The quantitative estimate of drug-likeness (QED) is 0.669. The van der Waals surface area contributed by atoms with Crippen LogP contribution in [0.3, 0.4) is 0 Å². The number of amides is 1. The van der Waals surface area contributed by atoms with E-state index in [0.29, 0.717) is 16.8 Å². The Morgan fingerprint density at radius 3 is 2.67 bits per heavy atom. The van der Waals surface area contributed by atoms with E-state index in [9.17, 15) is 9.18 Å². The second kappa shape index (κ2) is 8.30. The number of hydrogen-bond donors (Lipinski definition) is 1. The molecule has 30 heavy (non-hydrogen) atoms. The molecule has 5 nitrogen and oxygen atoms in total. The van der Waals surface area contributed by atoms with Gasteiger partial charge in [0.2, 0.25) is 5.91 Å². The van der Waals surface area contributed by atoms with Crippen LogP contribution in [0, 0.1) is 12.7 Å². The van der Waals surface area contributed by atoms with E-state index >= 15 is 0 Å². The summed E-state index contributed by atoms with van der Waals surface area (Å²) in [4.78, 5) is 19.4. The van der Waals surface area contributed by atoms with Gasteiger partial charge in [-0.3, -0.25) is 9.78 Å². The Bertz CT molecular complexity index is 1100. The number of hydrogen-bond acceptors (Lipinski definition) is 4. The number of aryl methyl sites for hydroxylation is 2. The number of nitrogens with zero attached hydrogens (tertiary/aromatic N) is 2. The Kier molecular flexibility index (Phi) is 5.57. The minimum absolute atomic E-state index is 0.115. The third-order valence-electron chi connectivity index (χ3n) is 5.65. The summed E-state index contributed by atoms with van der Waals surface area (Å²) >= 11 is 0. The van der Waals surface area contributed by atoms with E-state index in [4.69, 9.17) is 9.72 Å². The third kappa shape index (κ3) is 3.95. The molecular formula is C24H26FN3O2. The molecular weight excluding hydrogens is 381 g/mol. The Balaban J connectivity index is 1.65. The third-order valence-corrected chi connectivity index (χ3v) is 5.65. The van der Waals surface area contributed by atoms with Crippen molar-refractivity contribution in [2.75, 3.05) is 30.9 Å². The van der Waals surface area contributed by atoms with E-state index in [-0.39, 0.29) is 18.3 Å². The van der Waals surface area contributed by atoms with Gasteiger partial charge in [-0.25, -0.2) is 4.39 Å². The summed E-state index contributed by atoms with van der Waals surface area (Å²) in [6, 6.07) is 10.6. The molecule has 0 atom stereocenters. The van der Waals surface area contributed by atoms with Gasteiger partial charge in [-0.1, -0.05) is 0 Å². The lowest BCUT2D eigenvalue weighted by Crippen LogP contribution is -2.31. The zero-order chi connectivity index (χ0) is 21.3. The Morgan fingerprint density at radius 2 is 1.93 bits per heavy atom. The number of anilines is 2. The Morgan fingerprint density at radius 1 is 1.20 bits per heavy atom. The van der Waals surface area contributed by atoms with Crippen LogP contribution in [0.5, 0.6) is 5.75 Å². The summed E-state index contributed by atoms with van der Waals surface area (Å²) in [6.45, 7) is 1.95. The molecule has 0 saturated heterocycles. The fourth-order valence-corrected chi connectivity index (χ4v) is 4.13. The van der Waals surface area contributed by atoms with Gasteiger partial charge in [0.15, 0.2) is 0 Å². The molecule has 0 saturated carbocycles. The van der Waals surface area contributed by atoms with E-state index in [1.807, 2.05) is 42.3 Å². The van der Waals surface area contributed by atoms with Crippen LogP contribution in [-0.2, 0) is 17.6 Å². The van der Waals surface area contributed by atoms with Gasteiger partial charge in [0.1, 0.15) is 11.6 Å². The SMILES string of the molecule is COc1ccc(NC(=O)CN(C)c2c3c(nc4cc(F)c(C)cc24)CCCC3)cc1. The van der Waals surface area contributed by atoms with E-state index in [1.165, 1.54) is 11.6 Å². The van der Waals surface area contributed by atoms with E-state index < -0.39 is 0 Å². The first kappa shape index (κ1) is 20.1. The number of pyridine rings is 1. The topological polar surface area (TPSA) is 54.5 Å². The lowest BCUT2D eigenvalue weighted by molar-refractivity contribution is -0.114. The highest BCUT2D eigenvalue weighted by atomic mass is 19.1. The second-order valence-corrected chi connectivity index (χ2v) is 7.84. The molecule has 1 amide bonds. The van der Waals surface area contributed by atoms with Crippen LogP contribution < -0.4 is 15.0 Å². The molecule has 1 aliphatic carbocycles. The first-order valence-corrected chi connectivity index (χ1v) is 10.2. The zero-order valence-electron chi connectivity index (χ0n) is 17.6. The number of aromatic nitrogens is 1. The van der Waals surface area contributed by atoms with Gasteiger partial charge in [0.25, 0.3) is 0 Å². The highest BCUT2D eigenvalue weighted by Crippen LogP contribution is 2.36. The minimum Gasteiger partial charge on any atom is -0.497 e. The number of nitrogens with one attached hydrogen (secondary N) is 1. The van der Waals surface area contributed by atoms with Crippen LogP contribution in [0.1, 0.15) is 29.7 Å². The van der Waals surface area contributed by atoms with Crippen LogP contribution in [0.25, 0.3) is 10.9 Å². The summed E-state index contributed by atoms with van der Waals surface area (Å²) in [5.74, 6) is 0.371. The number of halogens is 1. The predicted octanol–water partition coefficient (Wildman–Crippen LogP) is 4.64. The maximum absolute atomic E-state index is 14.2. The zero-order valence-corrected chi connectivity index (χ0v) is 17.6. The van der Waals surface area contributed by atoms with E-state index in [2.05, 4.69) is 5.32 Å². The number of benzene rings is 2. The van der Waals surface area contributed by atoms with Gasteiger partial charge in [-0.05, 0) is 74.1 Å². The van der Waals surface area contributed by atoms with Gasteiger partial charge in [0.05, 0.1) is 24.9 Å². The van der Waals surface area contributed by atoms with Gasteiger partial charge in [-0.15, -0.1) is 0 Å². The molecule has 0 spiro atoms. The van der Waals surface area contributed by atoms with E-state index in [0.717, 1.165) is 48.2 Å². The normalized spacial score (nSPS) is 13.1. The second-order valence-electron chi connectivity index (χ2n) is 7.84. The van der Waals surface area contributed by atoms with Crippen LogP contribution in [0.2, 0.25) is 0 Å². The lowest BCUT2D eigenvalue weighted by Gasteiger charge is -2.27. The average Bonchev–Trinajstić information content (AvgIpc) is 2.73. The van der Waals surface area contributed by atoms with Crippen molar-refractivity contribution in [2.24, 2.45) is 0 Å². The van der Waals surface area contributed by atoms with Crippen molar-refractivity contribution in [2.45, 2.75) is 32.6 Å². The number of ether oxygens (including phenoxy) is 1. The standard InChI is InChI=1S/C24H26FN3O2/c1-15-12-19-22(13-20(15)25)27-21-7-5-4-6-18(21)24(19)28(2)14-23(29)26-16-8-10-17(30-3)11-9-16/h8-13H,4-7,14H2,1-3H3,(H,26,29). The smallest absolute Gasteiger partial charge is 0.243 e. The maximum Gasteiger partial charge on any atom is 0.243 e. The van der Waals surface area contributed by atoms with Crippen molar-refractivity contribution in [1.82, 2.24) is 4.98 Å². The molecule has 3 aromatic rings. The average molecular weight is 407 g/mol. The van der Waals surface area contributed by atoms with Crippen molar-refractivity contribution in [3.63, 3.8) is 0 Å². The van der Waals surface area contributed by atoms with Crippen molar-refractivity contribution in [3.8, 4) is 5.75 Å². The highest BCUT2D eigenvalue weighted by Gasteiger charge is 2.22. The fraction of sp³-hybridized carbons (Fsp3) is 0.333. The molecule has 1 heterocycles. The molecule has 0 aliphatic heterocycles. The predicted molar refractivity (Wildman–Crippen MR) is 118 cm³/mol. The minimum atomic E-state index is -0.253. The fourth-order valence-electron chi connectivity index (χ4n) is 4.13. The van der Waals surface area contributed by atoms with Crippen molar-refractivity contribution < 1.29 is 13.9 Å². The molecule has 6 heteroatoms. The molecule has 0 bridgehead atoms. The number of rotatable bonds is 5. The summed E-state index contributed by atoms with van der Waals surface area (Å²) in [7, 11) is 3.52. The summed E-state index contributed by atoms with van der Waals surface area (Å²) in [5, 5.41) is 3.83. The number of methoxy groups -OCH3 is 1. The first-order valence-electron chi connectivity index (χ1n) is 10.2. The molecule has 0 radical (unpaired) electrons. The number of fused-ring (bicyclic) bond motifs is 2. The van der Waals surface area contributed by atoms with Crippen molar-refractivity contribution in [3.05, 3.63) is 59.0 Å². The molecule has 0 unspecified atom stereocenters. The summed E-state index contributed by atoms with van der Waals surface area (Å²) < 4.78 is 19.3. The number of carbonyl (C=O) groups excluding carboxylic acids is 1. The van der Waals surface area contributed by atoms with Gasteiger partial charge < -0.3 is 15.0 Å². The van der Waals surface area contributed by atoms with Crippen LogP contribution in [-0.4, -0.2) is 31.6 Å². The summed E-state index contributed by atoms with van der Waals surface area (Å²) in [6.07, 6.45) is 3.99. The first-order chi connectivity index (χ1) is 14.5. The van der Waals surface area contributed by atoms with Crippen molar-refractivity contribution >= 4 is 28.2 Å². The Labute approximate surface area is 175 Å². The lowest BCUT2D eigenvalue weighted by atomic mass is 9.92. The molecule has 0 fully saturated rings. The molecule has 4 rings (SSSR count). The monoisotopic (exact) mass is 407 g/mol. The molecule has 156 valence electrons. The van der Waals surface area contributed by atoms with Gasteiger partial charge >= 0.3 is 0 Å². The largest absolute Gasteiger partial charge is 0.497 e. The molecule has 1 N–H and O–H groups in total. The van der Waals surface area contributed by atoms with Crippen molar-refractivity contribution in [1.29, 1.82) is 0 Å². The Hall–Kier alpha value is -3.15. The maximum atomic E-state index is 14.2. The molecule has 1 aliphatic rings. The summed E-state index contributed by atoms with van der Waals surface area (Å²) in [5.41, 5.74) is 5.14. The van der Waals surface area contributed by atoms with Gasteiger partial charge in [0, 0.05) is 29.9 Å². The van der Waals surface area contributed by atoms with Gasteiger partial charge in [-0.2, -0.15) is 0 Å². The van der Waals surface area contributed by atoms with Crippen LogP contribution >= 0.6 is 0 Å². The molecule has 2 aromatic carbocycles. The van der Waals surface area contributed by atoms with Crippen LogP contribution in [0.4, 0.5) is 15.8 Å². The molecule has 1 aromatic heterocycles.